The Morgan fingerprint density at radius 2 is 1.70 bits per heavy atom. The topological polar surface area (TPSA) is 43.4 Å². The molecule has 0 saturated heterocycles. The summed E-state index contributed by atoms with van der Waals surface area (Å²) in [5.74, 6) is -0.267. The molecule has 0 aliphatic heterocycles. The predicted molar refractivity (Wildman–Crippen MR) is 91.4 cm³/mol. The van der Waals surface area contributed by atoms with Crippen LogP contribution in [0, 0.1) is 6.92 Å². The molecule has 0 aliphatic carbocycles. The lowest BCUT2D eigenvalue weighted by atomic mass is 9.94. The van der Waals surface area contributed by atoms with Crippen molar-refractivity contribution in [3.63, 3.8) is 0 Å². The van der Waals surface area contributed by atoms with E-state index in [4.69, 9.17) is 4.74 Å². The number of carbonyl (C=O) groups is 2. The fourth-order valence-corrected chi connectivity index (χ4v) is 2.68. The number of Topliss-reactive ketones (excluding diaryl/α,β-unsaturated/α-hetero) is 2. The van der Waals surface area contributed by atoms with Crippen LogP contribution < -0.4 is 4.74 Å². The van der Waals surface area contributed by atoms with E-state index in [1.807, 2.05) is 19.1 Å². The molecule has 0 atom stereocenters. The molecule has 0 unspecified atom stereocenters. The number of hydrogen-bond donors (Lipinski definition) is 0. The van der Waals surface area contributed by atoms with Crippen molar-refractivity contribution in [3.05, 3.63) is 64.7 Å². The average molecular weight is 310 g/mol. The van der Waals surface area contributed by atoms with Crippen LogP contribution in [0.25, 0.3) is 0 Å². The molecule has 0 radical (unpaired) electrons. The van der Waals surface area contributed by atoms with Gasteiger partial charge in [-0.1, -0.05) is 55.8 Å². The Morgan fingerprint density at radius 3 is 2.30 bits per heavy atom. The van der Waals surface area contributed by atoms with Crippen LogP contribution >= 0.6 is 0 Å². The molecule has 0 saturated carbocycles. The molecule has 3 heteroatoms. The first kappa shape index (κ1) is 16.9. The van der Waals surface area contributed by atoms with E-state index in [-0.39, 0.29) is 0 Å². The van der Waals surface area contributed by atoms with Gasteiger partial charge in [0.25, 0.3) is 0 Å². The van der Waals surface area contributed by atoms with E-state index >= 15 is 0 Å². The summed E-state index contributed by atoms with van der Waals surface area (Å²) >= 11 is 0. The maximum Gasteiger partial charge on any atom is 0.233 e. The minimum absolute atomic E-state index is 0.408. The van der Waals surface area contributed by atoms with Gasteiger partial charge in [0.2, 0.25) is 11.6 Å². The van der Waals surface area contributed by atoms with Gasteiger partial charge in [-0.15, -0.1) is 0 Å². The molecule has 0 spiro atoms. The molecule has 0 bridgehead atoms. The van der Waals surface area contributed by atoms with E-state index in [0.717, 1.165) is 30.4 Å². The zero-order valence-corrected chi connectivity index (χ0v) is 13.9. The minimum atomic E-state index is -0.492. The van der Waals surface area contributed by atoms with Gasteiger partial charge < -0.3 is 4.74 Å². The molecule has 23 heavy (non-hydrogen) atoms. The normalized spacial score (nSPS) is 10.4. The molecule has 0 aliphatic rings. The van der Waals surface area contributed by atoms with Crippen molar-refractivity contribution in [2.24, 2.45) is 0 Å². The monoisotopic (exact) mass is 310 g/mol. The number of aryl methyl sites for hydroxylation is 1. The Balaban J connectivity index is 2.36. The highest BCUT2D eigenvalue weighted by Gasteiger charge is 2.22. The number of ether oxygens (including phenoxy) is 1. The van der Waals surface area contributed by atoms with Crippen molar-refractivity contribution < 1.29 is 14.3 Å². The fourth-order valence-electron chi connectivity index (χ4n) is 2.68. The smallest absolute Gasteiger partial charge is 0.233 e. The Morgan fingerprint density at radius 1 is 1.00 bits per heavy atom. The molecular weight excluding hydrogens is 288 g/mol. The molecule has 2 rings (SSSR count). The van der Waals surface area contributed by atoms with Crippen molar-refractivity contribution in [2.75, 3.05) is 7.11 Å². The number of rotatable bonds is 7. The fraction of sp³-hybridized carbons (Fsp3) is 0.300. The first-order valence-electron chi connectivity index (χ1n) is 7.90. The molecule has 2 aromatic rings. The summed E-state index contributed by atoms with van der Waals surface area (Å²) in [4.78, 5) is 24.9. The van der Waals surface area contributed by atoms with E-state index in [0.29, 0.717) is 16.9 Å². The highest BCUT2D eigenvalue weighted by molar-refractivity contribution is 6.49. The second-order valence-corrected chi connectivity index (χ2v) is 5.56. The van der Waals surface area contributed by atoms with Crippen molar-refractivity contribution in [2.45, 2.75) is 33.1 Å². The Labute approximate surface area is 137 Å². The third-order valence-electron chi connectivity index (χ3n) is 3.98. The van der Waals surface area contributed by atoms with Gasteiger partial charge >= 0.3 is 0 Å². The summed E-state index contributed by atoms with van der Waals surface area (Å²) in [5.41, 5.74) is 2.63. The summed E-state index contributed by atoms with van der Waals surface area (Å²) < 4.78 is 5.49. The van der Waals surface area contributed by atoms with Gasteiger partial charge in [0.05, 0.1) is 7.11 Å². The number of ketones is 2. The van der Waals surface area contributed by atoms with E-state index in [9.17, 15) is 9.59 Å². The lowest BCUT2D eigenvalue weighted by molar-refractivity contribution is 0.0816. The molecule has 0 amide bonds. The van der Waals surface area contributed by atoms with Gasteiger partial charge in [-0.2, -0.15) is 0 Å². The van der Waals surface area contributed by atoms with E-state index in [2.05, 4.69) is 6.92 Å². The van der Waals surface area contributed by atoms with Gasteiger partial charge in [0, 0.05) is 16.7 Å². The van der Waals surface area contributed by atoms with Crippen LogP contribution in [-0.4, -0.2) is 18.7 Å². The van der Waals surface area contributed by atoms with Gasteiger partial charge in [-0.3, -0.25) is 9.59 Å². The summed E-state index contributed by atoms with van der Waals surface area (Å²) in [6, 6.07) is 12.3. The SMILES string of the molecule is CCCCc1ccc(C(=O)C(=O)c2ccccc2)c(C)c1OC. The second kappa shape index (κ2) is 7.73. The molecule has 0 heterocycles. The van der Waals surface area contributed by atoms with Crippen LogP contribution in [0.5, 0.6) is 5.75 Å². The third-order valence-corrected chi connectivity index (χ3v) is 3.98. The van der Waals surface area contributed by atoms with Crippen molar-refractivity contribution in [1.82, 2.24) is 0 Å². The second-order valence-electron chi connectivity index (χ2n) is 5.56. The van der Waals surface area contributed by atoms with E-state index < -0.39 is 11.6 Å². The summed E-state index contributed by atoms with van der Waals surface area (Å²) in [6.07, 6.45) is 3.06. The van der Waals surface area contributed by atoms with Crippen LogP contribution in [0.4, 0.5) is 0 Å². The summed E-state index contributed by atoms with van der Waals surface area (Å²) in [7, 11) is 1.60. The molecule has 0 aromatic heterocycles. The molecular formula is C20H22O3. The quantitative estimate of drug-likeness (QED) is 0.562. The van der Waals surface area contributed by atoms with E-state index in [1.54, 1.807) is 37.4 Å². The van der Waals surface area contributed by atoms with E-state index in [1.165, 1.54) is 0 Å². The highest BCUT2D eigenvalue weighted by atomic mass is 16.5. The highest BCUT2D eigenvalue weighted by Crippen LogP contribution is 2.28. The first-order chi connectivity index (χ1) is 11.1. The zero-order chi connectivity index (χ0) is 16.8. The maximum absolute atomic E-state index is 12.6. The molecule has 2 aromatic carbocycles. The van der Waals surface area contributed by atoms with Crippen LogP contribution in [-0.2, 0) is 6.42 Å². The molecule has 0 fully saturated rings. The average Bonchev–Trinajstić information content (AvgIpc) is 2.59. The standard InChI is InChI=1S/C20H22O3/c1-4-5-9-16-12-13-17(14(2)20(16)23-3)19(22)18(21)15-10-7-6-8-11-15/h6-8,10-13H,4-5,9H2,1-3H3. The maximum atomic E-state index is 12.6. The van der Waals surface area contributed by atoms with Crippen LogP contribution in [0.1, 0.15) is 51.6 Å². The Kier molecular flexibility index (Phi) is 5.69. The van der Waals surface area contributed by atoms with Crippen molar-refractivity contribution in [3.8, 4) is 5.75 Å². The van der Waals surface area contributed by atoms with Crippen molar-refractivity contribution in [1.29, 1.82) is 0 Å². The Bertz CT molecular complexity index is 702. The number of hydrogen-bond acceptors (Lipinski definition) is 3. The predicted octanol–water partition coefficient (Wildman–Crippen LogP) is 4.41. The number of carbonyl (C=O) groups excluding carboxylic acids is 2. The van der Waals surface area contributed by atoms with Gasteiger partial charge in [-0.25, -0.2) is 0 Å². The van der Waals surface area contributed by atoms with Gasteiger partial charge in [0.1, 0.15) is 5.75 Å². The molecule has 120 valence electrons. The molecule has 0 N–H and O–H groups in total. The van der Waals surface area contributed by atoms with Crippen LogP contribution in [0.3, 0.4) is 0 Å². The first-order valence-corrected chi connectivity index (χ1v) is 7.90. The Hall–Kier alpha value is -2.42. The summed E-state index contributed by atoms with van der Waals surface area (Å²) in [5, 5.41) is 0. The third kappa shape index (κ3) is 3.67. The van der Waals surface area contributed by atoms with Crippen LogP contribution in [0.2, 0.25) is 0 Å². The van der Waals surface area contributed by atoms with Crippen LogP contribution in [0.15, 0.2) is 42.5 Å². The lowest BCUT2D eigenvalue weighted by Crippen LogP contribution is -2.16. The lowest BCUT2D eigenvalue weighted by Gasteiger charge is -2.14. The molecule has 3 nitrogen and oxygen atoms in total. The van der Waals surface area contributed by atoms with Gasteiger partial charge in [0.15, 0.2) is 0 Å². The minimum Gasteiger partial charge on any atom is -0.496 e. The zero-order valence-electron chi connectivity index (χ0n) is 13.9. The largest absolute Gasteiger partial charge is 0.496 e. The summed E-state index contributed by atoms with van der Waals surface area (Å²) in [6.45, 7) is 3.97. The number of unbranched alkanes of at least 4 members (excludes halogenated alkanes) is 1. The number of benzene rings is 2. The van der Waals surface area contributed by atoms with Gasteiger partial charge in [-0.05, 0) is 25.3 Å². The number of methoxy groups -OCH3 is 1. The van der Waals surface area contributed by atoms with Crippen molar-refractivity contribution >= 4 is 11.6 Å².